The van der Waals surface area contributed by atoms with Gasteiger partial charge in [-0.3, -0.25) is 9.69 Å². The van der Waals surface area contributed by atoms with E-state index in [2.05, 4.69) is 20.8 Å². The molecule has 0 aliphatic carbocycles. The molecule has 2 saturated heterocycles. The summed E-state index contributed by atoms with van der Waals surface area (Å²) in [5.74, 6) is -0.438. The first kappa shape index (κ1) is 24.3. The monoisotopic (exact) mass is 449 g/mol. The van der Waals surface area contributed by atoms with Gasteiger partial charge in [-0.05, 0) is 43.9 Å². The number of anilines is 2. The summed E-state index contributed by atoms with van der Waals surface area (Å²) in [4.78, 5) is 30.2. The molecule has 0 radical (unpaired) electrons. The molecule has 0 saturated carbocycles. The topological polar surface area (TPSA) is 62.3 Å². The first-order valence-corrected chi connectivity index (χ1v) is 11.3. The number of amides is 2. The second-order valence-corrected chi connectivity index (χ2v) is 10.5. The van der Waals surface area contributed by atoms with Crippen molar-refractivity contribution in [2.75, 3.05) is 49.2 Å². The maximum absolute atomic E-state index is 14.8. The van der Waals surface area contributed by atoms with Crippen molar-refractivity contribution in [3.63, 3.8) is 0 Å². The molecule has 8 heteroatoms. The fourth-order valence-electron chi connectivity index (χ4n) is 4.95. The van der Waals surface area contributed by atoms with Gasteiger partial charge >= 0.3 is 6.09 Å². The fraction of sp³-hybridized carbons (Fsp3) is 0.667. The van der Waals surface area contributed by atoms with E-state index in [4.69, 9.17) is 9.47 Å². The van der Waals surface area contributed by atoms with Gasteiger partial charge in [0.1, 0.15) is 11.9 Å². The third kappa shape index (κ3) is 5.71. The molecule has 2 aliphatic heterocycles. The first-order chi connectivity index (χ1) is 14.9. The summed E-state index contributed by atoms with van der Waals surface area (Å²) in [6.07, 6.45) is -0.198. The normalized spacial score (nSPS) is 19.8. The van der Waals surface area contributed by atoms with Crippen LogP contribution in [0.4, 0.5) is 20.6 Å². The largest absolute Gasteiger partial charge is 0.442 e. The van der Waals surface area contributed by atoms with Crippen LogP contribution in [0.3, 0.4) is 0 Å². The number of carbonyl (C=O) groups excluding carboxylic acids is 2. The van der Waals surface area contributed by atoms with Gasteiger partial charge < -0.3 is 19.3 Å². The zero-order chi connectivity index (χ0) is 23.7. The van der Waals surface area contributed by atoms with E-state index in [1.165, 1.54) is 11.0 Å². The zero-order valence-electron chi connectivity index (χ0n) is 20.1. The molecule has 2 aliphatic rings. The lowest BCUT2D eigenvalue weighted by molar-refractivity contribution is -0.136. The smallest absolute Gasteiger partial charge is 0.414 e. The Balaban J connectivity index is 1.71. The van der Waals surface area contributed by atoms with Crippen LogP contribution in [0.2, 0.25) is 0 Å². The highest BCUT2D eigenvalue weighted by Gasteiger charge is 2.39. The summed E-state index contributed by atoms with van der Waals surface area (Å²) in [6, 6.07) is 4.81. The Morgan fingerprint density at radius 2 is 1.84 bits per heavy atom. The summed E-state index contributed by atoms with van der Waals surface area (Å²) in [7, 11) is 0. The number of benzene rings is 1. The summed E-state index contributed by atoms with van der Waals surface area (Å²) >= 11 is 0. The van der Waals surface area contributed by atoms with Gasteiger partial charge in [-0.25, -0.2) is 9.18 Å². The van der Waals surface area contributed by atoms with Gasteiger partial charge in [0.15, 0.2) is 0 Å². The molecule has 32 heavy (non-hydrogen) atoms. The number of ether oxygens (including phenoxy) is 2. The van der Waals surface area contributed by atoms with Crippen LogP contribution in [0, 0.1) is 11.2 Å². The van der Waals surface area contributed by atoms with Crippen molar-refractivity contribution in [1.82, 2.24) is 4.90 Å². The standard InChI is InChI=1S/C24H36FN3O4/c1-17(29)28(24(5,6)16-23(2,3)4)15-19-14-27(22(30)32-19)18-7-8-21(20(25)13-18)26-9-11-31-12-10-26/h7-8,13,19H,9-12,14-16H2,1-6H3/t19-/m1/s1. The van der Waals surface area contributed by atoms with Crippen LogP contribution in [-0.4, -0.2) is 67.9 Å². The predicted octanol–water partition coefficient (Wildman–Crippen LogP) is 4.05. The number of carbonyl (C=O) groups is 2. The highest BCUT2D eigenvalue weighted by Crippen LogP contribution is 2.33. The minimum atomic E-state index is -0.523. The number of morpholine rings is 1. The van der Waals surface area contributed by atoms with Gasteiger partial charge in [0, 0.05) is 25.6 Å². The van der Waals surface area contributed by atoms with E-state index in [1.54, 1.807) is 24.0 Å². The summed E-state index contributed by atoms with van der Waals surface area (Å²) in [5.41, 5.74) is 0.605. The van der Waals surface area contributed by atoms with Gasteiger partial charge in [0.25, 0.3) is 0 Å². The minimum absolute atomic E-state index is 0.0370. The fourth-order valence-corrected chi connectivity index (χ4v) is 4.95. The van der Waals surface area contributed by atoms with Gasteiger partial charge in [-0.2, -0.15) is 0 Å². The van der Waals surface area contributed by atoms with Gasteiger partial charge in [0.05, 0.1) is 37.7 Å². The lowest BCUT2D eigenvalue weighted by Crippen LogP contribution is -2.52. The van der Waals surface area contributed by atoms with E-state index >= 15 is 0 Å². The van der Waals surface area contributed by atoms with Crippen molar-refractivity contribution >= 4 is 23.4 Å². The average molecular weight is 450 g/mol. The molecule has 2 amide bonds. The van der Waals surface area contributed by atoms with Crippen LogP contribution in [0.1, 0.15) is 48.0 Å². The Hall–Kier alpha value is -2.35. The van der Waals surface area contributed by atoms with Crippen LogP contribution in [0.5, 0.6) is 0 Å². The Kier molecular flexibility index (Phi) is 7.03. The average Bonchev–Trinajstić information content (AvgIpc) is 3.05. The molecule has 1 aromatic carbocycles. The first-order valence-electron chi connectivity index (χ1n) is 11.3. The van der Waals surface area contributed by atoms with E-state index in [-0.39, 0.29) is 23.7 Å². The Morgan fingerprint density at radius 3 is 2.41 bits per heavy atom. The molecule has 2 fully saturated rings. The van der Waals surface area contributed by atoms with Crippen molar-refractivity contribution < 1.29 is 23.5 Å². The molecule has 0 N–H and O–H groups in total. The molecule has 178 valence electrons. The Bertz CT molecular complexity index is 846. The third-order valence-corrected chi connectivity index (χ3v) is 5.93. The minimum Gasteiger partial charge on any atom is -0.442 e. The van der Waals surface area contributed by atoms with Crippen LogP contribution >= 0.6 is 0 Å². The quantitative estimate of drug-likeness (QED) is 0.656. The van der Waals surface area contributed by atoms with E-state index in [1.807, 2.05) is 18.7 Å². The lowest BCUT2D eigenvalue weighted by atomic mass is 9.80. The number of hydrogen-bond donors (Lipinski definition) is 0. The van der Waals surface area contributed by atoms with E-state index in [0.29, 0.717) is 44.2 Å². The van der Waals surface area contributed by atoms with E-state index < -0.39 is 17.7 Å². The molecular weight excluding hydrogens is 413 g/mol. The second-order valence-electron chi connectivity index (χ2n) is 10.5. The molecule has 7 nitrogen and oxygen atoms in total. The Morgan fingerprint density at radius 1 is 1.19 bits per heavy atom. The molecule has 3 rings (SSSR count). The van der Waals surface area contributed by atoms with Gasteiger partial charge in [0.2, 0.25) is 5.91 Å². The number of nitrogens with zero attached hydrogens (tertiary/aromatic N) is 3. The molecule has 0 bridgehead atoms. The number of cyclic esters (lactones) is 1. The van der Waals surface area contributed by atoms with Crippen LogP contribution in [0.25, 0.3) is 0 Å². The molecule has 0 unspecified atom stereocenters. The van der Waals surface area contributed by atoms with Gasteiger partial charge in [-0.15, -0.1) is 0 Å². The summed E-state index contributed by atoms with van der Waals surface area (Å²) in [5, 5.41) is 0. The zero-order valence-corrected chi connectivity index (χ0v) is 20.1. The molecule has 2 heterocycles. The van der Waals surface area contributed by atoms with E-state index in [0.717, 1.165) is 6.42 Å². The lowest BCUT2D eigenvalue weighted by Gasteiger charge is -2.42. The highest BCUT2D eigenvalue weighted by atomic mass is 19.1. The number of rotatable bonds is 6. The van der Waals surface area contributed by atoms with Crippen LogP contribution < -0.4 is 9.80 Å². The summed E-state index contributed by atoms with van der Waals surface area (Å²) < 4.78 is 25.7. The van der Waals surface area contributed by atoms with E-state index in [9.17, 15) is 14.0 Å². The SMILES string of the molecule is CC(=O)N(C[C@H]1CN(c2ccc(N3CCOCC3)c(F)c2)C(=O)O1)C(C)(C)CC(C)(C)C. The van der Waals surface area contributed by atoms with Crippen molar-refractivity contribution in [2.45, 2.75) is 59.6 Å². The summed E-state index contributed by atoms with van der Waals surface area (Å²) in [6.45, 7) is 15.0. The van der Waals surface area contributed by atoms with Crippen molar-refractivity contribution in [3.05, 3.63) is 24.0 Å². The van der Waals surface area contributed by atoms with Crippen molar-refractivity contribution in [2.24, 2.45) is 5.41 Å². The highest BCUT2D eigenvalue weighted by molar-refractivity contribution is 5.90. The molecule has 1 atom stereocenters. The van der Waals surface area contributed by atoms with Crippen LogP contribution in [-0.2, 0) is 14.3 Å². The van der Waals surface area contributed by atoms with Crippen molar-refractivity contribution in [3.8, 4) is 0 Å². The Labute approximate surface area is 190 Å². The maximum atomic E-state index is 14.8. The molecule has 0 aromatic heterocycles. The second kappa shape index (κ2) is 9.25. The number of hydrogen-bond acceptors (Lipinski definition) is 5. The van der Waals surface area contributed by atoms with Gasteiger partial charge in [-0.1, -0.05) is 20.8 Å². The third-order valence-electron chi connectivity index (χ3n) is 5.93. The molecular formula is C24H36FN3O4. The molecule has 1 aromatic rings. The van der Waals surface area contributed by atoms with Crippen LogP contribution in [0.15, 0.2) is 18.2 Å². The van der Waals surface area contributed by atoms with Crippen molar-refractivity contribution in [1.29, 1.82) is 0 Å². The molecule has 0 spiro atoms. The number of halogens is 1. The maximum Gasteiger partial charge on any atom is 0.414 e. The predicted molar refractivity (Wildman–Crippen MR) is 123 cm³/mol.